The molecule has 6 nitrogen and oxygen atoms in total. The zero-order valence-corrected chi connectivity index (χ0v) is 29.1. The third-order valence-electron chi connectivity index (χ3n) is 10.2. The molecule has 1 aliphatic carbocycles. The van der Waals surface area contributed by atoms with Crippen LogP contribution in [0.2, 0.25) is 0 Å². The summed E-state index contributed by atoms with van der Waals surface area (Å²) in [6.07, 6.45) is 1.80. The molecule has 0 saturated carbocycles. The van der Waals surface area contributed by atoms with Crippen LogP contribution in [-0.2, 0) is 5.41 Å². The van der Waals surface area contributed by atoms with E-state index in [4.69, 9.17) is 24.4 Å². The van der Waals surface area contributed by atoms with E-state index in [9.17, 15) is 0 Å². The largest absolute Gasteiger partial charge is 0.449 e. The van der Waals surface area contributed by atoms with Crippen molar-refractivity contribution in [1.29, 1.82) is 0 Å². The molecule has 53 heavy (non-hydrogen) atoms. The van der Waals surface area contributed by atoms with Gasteiger partial charge in [0.2, 0.25) is 0 Å². The molecular weight excluding hydrogens is 653 g/mol. The van der Waals surface area contributed by atoms with E-state index in [1.54, 1.807) is 6.20 Å². The number of nitrogens with zero attached hydrogens (tertiary/aromatic N) is 4. The van der Waals surface area contributed by atoms with Gasteiger partial charge in [-0.1, -0.05) is 123 Å². The summed E-state index contributed by atoms with van der Waals surface area (Å²) in [5.41, 5.74) is 11.2. The molecule has 6 aromatic carbocycles. The van der Waals surface area contributed by atoms with Crippen LogP contribution in [0.3, 0.4) is 0 Å². The average Bonchev–Trinajstić information content (AvgIpc) is 3.44. The summed E-state index contributed by atoms with van der Waals surface area (Å²) in [4.78, 5) is 19.6. The average molecular weight is 685 g/mol. The van der Waals surface area contributed by atoms with E-state index in [0.717, 1.165) is 39.1 Å². The van der Waals surface area contributed by atoms with Gasteiger partial charge in [0.25, 0.3) is 0 Å². The Balaban J connectivity index is 1.05. The van der Waals surface area contributed by atoms with Gasteiger partial charge in [0.1, 0.15) is 0 Å². The van der Waals surface area contributed by atoms with Crippen LogP contribution < -0.4 is 9.47 Å². The summed E-state index contributed by atoms with van der Waals surface area (Å²) in [5.74, 6) is 4.53. The first-order chi connectivity index (χ1) is 26.0. The monoisotopic (exact) mass is 684 g/mol. The molecule has 1 aliphatic heterocycles. The minimum Gasteiger partial charge on any atom is -0.449 e. The fraction of sp³-hybridized carbons (Fsp3) is 0.0638. The molecule has 252 valence electrons. The number of aromatic nitrogens is 4. The van der Waals surface area contributed by atoms with Crippen LogP contribution in [0.5, 0.6) is 23.0 Å². The molecule has 0 atom stereocenters. The first-order valence-electron chi connectivity index (χ1n) is 17.7. The summed E-state index contributed by atoms with van der Waals surface area (Å²) < 4.78 is 13.3. The molecule has 2 aliphatic rings. The summed E-state index contributed by atoms with van der Waals surface area (Å²) in [5, 5.41) is 0. The lowest BCUT2D eigenvalue weighted by atomic mass is 9.82. The molecule has 8 aromatic rings. The number of ether oxygens (including phenoxy) is 2. The number of para-hydroxylation sites is 1. The van der Waals surface area contributed by atoms with Gasteiger partial charge in [-0.25, -0.2) is 15.0 Å². The Labute approximate surface area is 307 Å². The van der Waals surface area contributed by atoms with Gasteiger partial charge >= 0.3 is 0 Å². The molecule has 0 radical (unpaired) electrons. The van der Waals surface area contributed by atoms with Gasteiger partial charge in [-0.15, -0.1) is 0 Å². The van der Waals surface area contributed by atoms with Crippen LogP contribution in [0.15, 0.2) is 158 Å². The molecule has 0 fully saturated rings. The van der Waals surface area contributed by atoms with Crippen molar-refractivity contribution in [3.8, 4) is 90.7 Å². The van der Waals surface area contributed by atoms with E-state index >= 15 is 0 Å². The second kappa shape index (κ2) is 12.1. The van der Waals surface area contributed by atoms with Crippen molar-refractivity contribution in [3.63, 3.8) is 0 Å². The number of hydrogen-bond donors (Lipinski definition) is 0. The van der Waals surface area contributed by atoms with Crippen LogP contribution in [-0.4, -0.2) is 19.9 Å². The second-order valence-electron chi connectivity index (χ2n) is 13.9. The highest BCUT2D eigenvalue weighted by molar-refractivity contribution is 5.85. The zero-order chi connectivity index (χ0) is 35.5. The van der Waals surface area contributed by atoms with Crippen molar-refractivity contribution in [2.75, 3.05) is 0 Å². The van der Waals surface area contributed by atoms with E-state index in [1.807, 2.05) is 91.0 Å². The predicted octanol–water partition coefficient (Wildman–Crippen LogP) is 11.8. The number of pyridine rings is 1. The Morgan fingerprint density at radius 1 is 0.415 bits per heavy atom. The lowest BCUT2D eigenvalue weighted by molar-refractivity contribution is 0.360. The lowest BCUT2D eigenvalue weighted by Gasteiger charge is -2.26. The van der Waals surface area contributed by atoms with Crippen LogP contribution >= 0.6 is 0 Å². The lowest BCUT2D eigenvalue weighted by Crippen LogP contribution is -2.15. The Hall–Kier alpha value is -6.92. The van der Waals surface area contributed by atoms with Gasteiger partial charge in [0.05, 0.1) is 5.69 Å². The van der Waals surface area contributed by atoms with Crippen molar-refractivity contribution < 1.29 is 9.47 Å². The van der Waals surface area contributed by atoms with E-state index in [1.165, 1.54) is 22.3 Å². The molecule has 0 amide bonds. The SMILES string of the molecule is CC1(C)c2ccccc2-c2cc3c(cc21)Oc1c(cccc1-c1cccc(-c2nc(-c4ccccc4)nc(-c4cccc(-c5ccccn5)c4)n2)c1)O3. The predicted molar refractivity (Wildman–Crippen MR) is 209 cm³/mol. The quantitative estimate of drug-likeness (QED) is 0.180. The standard InChI is InChI=1S/C47H32N4O2/c1-47(2)37-21-7-6-19-35(37)36-27-41-42(28-38(36)47)53-43-34(20-12-23-40(43)52-41)30-15-10-17-32(25-30)45-49-44(29-13-4-3-5-14-29)50-46(51-45)33-18-11-16-31(26-33)39-22-8-9-24-48-39/h3-28H,1-2H3. The molecule has 0 bridgehead atoms. The van der Waals surface area contributed by atoms with Crippen LogP contribution in [0.4, 0.5) is 0 Å². The van der Waals surface area contributed by atoms with Crippen molar-refractivity contribution >= 4 is 0 Å². The Morgan fingerprint density at radius 2 is 1.02 bits per heavy atom. The normalized spacial score (nSPS) is 13.2. The molecule has 2 aromatic heterocycles. The Kier molecular flexibility index (Phi) is 7.05. The van der Waals surface area contributed by atoms with Crippen LogP contribution in [0, 0.1) is 0 Å². The van der Waals surface area contributed by atoms with Gasteiger partial charge in [0, 0.05) is 39.4 Å². The maximum absolute atomic E-state index is 6.76. The molecule has 10 rings (SSSR count). The third kappa shape index (κ3) is 5.26. The Bertz CT molecular complexity index is 2710. The fourth-order valence-electron chi connectivity index (χ4n) is 7.55. The minimum absolute atomic E-state index is 0.153. The number of rotatable bonds is 5. The maximum Gasteiger partial charge on any atom is 0.177 e. The summed E-state index contributed by atoms with van der Waals surface area (Å²) >= 11 is 0. The van der Waals surface area contributed by atoms with Gasteiger partial charge in [-0.2, -0.15) is 0 Å². The van der Waals surface area contributed by atoms with Gasteiger partial charge in [-0.3, -0.25) is 4.98 Å². The van der Waals surface area contributed by atoms with Gasteiger partial charge < -0.3 is 9.47 Å². The maximum atomic E-state index is 6.76. The first-order valence-corrected chi connectivity index (χ1v) is 17.7. The summed E-state index contributed by atoms with van der Waals surface area (Å²) in [7, 11) is 0. The second-order valence-corrected chi connectivity index (χ2v) is 13.9. The van der Waals surface area contributed by atoms with Crippen molar-refractivity contribution in [2.24, 2.45) is 0 Å². The van der Waals surface area contributed by atoms with Gasteiger partial charge in [0.15, 0.2) is 40.5 Å². The molecule has 0 unspecified atom stereocenters. The van der Waals surface area contributed by atoms with E-state index < -0.39 is 0 Å². The molecule has 0 saturated heterocycles. The third-order valence-corrected chi connectivity index (χ3v) is 10.2. The molecular formula is C47H32N4O2. The molecule has 0 N–H and O–H groups in total. The Morgan fingerprint density at radius 3 is 1.79 bits per heavy atom. The zero-order valence-electron chi connectivity index (χ0n) is 29.1. The number of fused-ring (bicyclic) bond motifs is 5. The minimum atomic E-state index is -0.153. The topological polar surface area (TPSA) is 70.0 Å². The van der Waals surface area contributed by atoms with Crippen LogP contribution in [0.25, 0.3) is 67.7 Å². The highest BCUT2D eigenvalue weighted by Gasteiger charge is 2.37. The smallest absolute Gasteiger partial charge is 0.177 e. The van der Waals surface area contributed by atoms with Crippen LogP contribution in [0.1, 0.15) is 25.0 Å². The van der Waals surface area contributed by atoms with Crippen molar-refractivity contribution in [3.05, 3.63) is 169 Å². The number of hydrogen-bond acceptors (Lipinski definition) is 6. The van der Waals surface area contributed by atoms with E-state index in [0.29, 0.717) is 40.5 Å². The first kappa shape index (κ1) is 30.9. The highest BCUT2D eigenvalue weighted by Crippen LogP contribution is 2.56. The van der Waals surface area contributed by atoms with Gasteiger partial charge in [-0.05, 0) is 70.3 Å². The number of benzene rings is 6. The summed E-state index contributed by atoms with van der Waals surface area (Å²) in [6.45, 7) is 4.54. The van der Waals surface area contributed by atoms with Crippen molar-refractivity contribution in [2.45, 2.75) is 19.3 Å². The molecule has 0 spiro atoms. The molecule has 3 heterocycles. The molecule has 6 heteroatoms. The highest BCUT2D eigenvalue weighted by atomic mass is 16.6. The van der Waals surface area contributed by atoms with E-state index in [-0.39, 0.29) is 5.41 Å². The van der Waals surface area contributed by atoms with E-state index in [2.05, 4.69) is 79.5 Å². The fourth-order valence-corrected chi connectivity index (χ4v) is 7.55. The van der Waals surface area contributed by atoms with Crippen molar-refractivity contribution in [1.82, 2.24) is 19.9 Å². The summed E-state index contributed by atoms with van der Waals surface area (Å²) in [6, 6.07) is 51.3.